The van der Waals surface area contributed by atoms with Crippen LogP contribution in [0.4, 0.5) is 0 Å². The largest absolute Gasteiger partial charge is 0.233 e. The maximum atomic E-state index is 9.60. The molecule has 2 aliphatic rings. The van der Waals surface area contributed by atoms with Gasteiger partial charge in [-0.05, 0) is 54.7 Å². The molecule has 0 radical (unpaired) electrons. The highest BCUT2D eigenvalue weighted by Crippen LogP contribution is 2.49. The van der Waals surface area contributed by atoms with Gasteiger partial charge in [-0.3, -0.25) is 0 Å². The second-order valence-corrected chi connectivity index (χ2v) is 8.18. The van der Waals surface area contributed by atoms with Crippen LogP contribution in [-0.2, 0) is 24.7 Å². The summed E-state index contributed by atoms with van der Waals surface area (Å²) in [5.74, 6) is 1.27. The molecule has 142 valence electrons. The minimum atomic E-state index is -0.234. The van der Waals surface area contributed by atoms with Crippen molar-refractivity contribution in [1.29, 1.82) is 5.26 Å². The molecule has 0 saturated carbocycles. The van der Waals surface area contributed by atoms with Gasteiger partial charge in [-0.25, -0.2) is 9.97 Å². The quantitative estimate of drug-likeness (QED) is 0.718. The molecule has 0 fully saturated rings. The maximum Gasteiger partial charge on any atom is 0.159 e. The van der Waals surface area contributed by atoms with Crippen LogP contribution >= 0.6 is 0 Å². The summed E-state index contributed by atoms with van der Waals surface area (Å²) in [5, 5.41) is 9.60. The molecular formula is C25H27N3. The fourth-order valence-electron chi connectivity index (χ4n) is 4.93. The Labute approximate surface area is 167 Å². The topological polar surface area (TPSA) is 49.6 Å². The summed E-state index contributed by atoms with van der Waals surface area (Å²) in [6.07, 6.45) is 6.96. The SMILES string of the molecule is C=C1CC2CCc3c(CC)nc(-c4ccccc4CC)nc3C2(C)C=C1C#N. The van der Waals surface area contributed by atoms with Gasteiger partial charge in [-0.1, -0.05) is 57.7 Å². The highest BCUT2D eigenvalue weighted by molar-refractivity contribution is 5.62. The van der Waals surface area contributed by atoms with Crippen LogP contribution in [0.25, 0.3) is 11.4 Å². The Morgan fingerprint density at radius 1 is 1.21 bits per heavy atom. The molecule has 1 heterocycles. The fourth-order valence-corrected chi connectivity index (χ4v) is 4.93. The number of nitriles is 1. The van der Waals surface area contributed by atoms with Crippen LogP contribution in [0.5, 0.6) is 0 Å². The van der Waals surface area contributed by atoms with E-state index in [2.05, 4.69) is 63.8 Å². The predicted molar refractivity (Wildman–Crippen MR) is 113 cm³/mol. The molecule has 2 aromatic rings. The molecule has 0 N–H and O–H groups in total. The first-order chi connectivity index (χ1) is 13.5. The van der Waals surface area contributed by atoms with E-state index in [1.807, 2.05) is 0 Å². The molecule has 1 aromatic carbocycles. The van der Waals surface area contributed by atoms with E-state index in [1.54, 1.807) is 0 Å². The Balaban J connectivity index is 1.97. The number of hydrogen-bond acceptors (Lipinski definition) is 3. The number of benzene rings is 1. The van der Waals surface area contributed by atoms with Gasteiger partial charge in [0.2, 0.25) is 0 Å². The summed E-state index contributed by atoms with van der Waals surface area (Å²) in [7, 11) is 0. The van der Waals surface area contributed by atoms with Gasteiger partial charge >= 0.3 is 0 Å². The summed E-state index contributed by atoms with van der Waals surface area (Å²) in [6.45, 7) is 10.7. The van der Waals surface area contributed by atoms with Crippen LogP contribution < -0.4 is 0 Å². The number of aryl methyl sites for hydroxylation is 2. The summed E-state index contributed by atoms with van der Waals surface area (Å²) >= 11 is 0. The molecule has 0 bridgehead atoms. The molecule has 2 aliphatic carbocycles. The van der Waals surface area contributed by atoms with Gasteiger partial charge in [0, 0.05) is 16.7 Å². The Bertz CT molecular complexity index is 1020. The van der Waals surface area contributed by atoms with Crippen molar-refractivity contribution in [3.05, 3.63) is 70.6 Å². The minimum absolute atomic E-state index is 0.234. The van der Waals surface area contributed by atoms with Crippen molar-refractivity contribution >= 4 is 0 Å². The summed E-state index contributed by atoms with van der Waals surface area (Å²) in [4.78, 5) is 10.1. The van der Waals surface area contributed by atoms with E-state index >= 15 is 0 Å². The van der Waals surface area contributed by atoms with Crippen molar-refractivity contribution in [2.24, 2.45) is 5.92 Å². The Hall–Kier alpha value is -2.73. The Kier molecular flexibility index (Phi) is 4.67. The van der Waals surface area contributed by atoms with Crippen molar-refractivity contribution < 1.29 is 0 Å². The van der Waals surface area contributed by atoms with Crippen LogP contribution in [0, 0.1) is 17.2 Å². The minimum Gasteiger partial charge on any atom is -0.233 e. The average molecular weight is 370 g/mol. The summed E-state index contributed by atoms with van der Waals surface area (Å²) in [5.41, 5.74) is 7.42. The molecule has 2 atom stereocenters. The van der Waals surface area contributed by atoms with Crippen LogP contribution in [-0.4, -0.2) is 9.97 Å². The van der Waals surface area contributed by atoms with Gasteiger partial charge < -0.3 is 0 Å². The van der Waals surface area contributed by atoms with Gasteiger partial charge in [0.25, 0.3) is 0 Å². The van der Waals surface area contributed by atoms with Crippen molar-refractivity contribution in [2.45, 2.75) is 58.3 Å². The number of nitrogens with zero attached hydrogens (tertiary/aromatic N) is 3. The van der Waals surface area contributed by atoms with E-state index in [1.165, 1.54) is 11.1 Å². The third-order valence-corrected chi connectivity index (χ3v) is 6.61. The standard InChI is InChI=1S/C25H27N3/c1-5-17-9-7-8-10-20(17)24-27-22(6-2)21-12-11-19-13-16(3)18(15-26)14-25(19,4)23(21)28-24/h7-10,14,19H,3,5-6,11-13H2,1-2,4H3. The van der Waals surface area contributed by atoms with E-state index < -0.39 is 0 Å². The molecule has 0 saturated heterocycles. The zero-order chi connectivity index (χ0) is 19.9. The molecule has 28 heavy (non-hydrogen) atoms. The van der Waals surface area contributed by atoms with Crippen molar-refractivity contribution in [3.8, 4) is 17.5 Å². The molecule has 3 nitrogen and oxygen atoms in total. The van der Waals surface area contributed by atoms with Crippen molar-refractivity contribution in [3.63, 3.8) is 0 Å². The first kappa shape index (κ1) is 18.6. The lowest BCUT2D eigenvalue weighted by Gasteiger charge is -2.44. The highest BCUT2D eigenvalue weighted by atomic mass is 14.9. The molecule has 4 rings (SSSR count). The number of aromatic nitrogens is 2. The van der Waals surface area contributed by atoms with E-state index in [4.69, 9.17) is 9.97 Å². The molecule has 0 amide bonds. The molecule has 3 heteroatoms. The highest BCUT2D eigenvalue weighted by Gasteiger charge is 2.44. The lowest BCUT2D eigenvalue weighted by Crippen LogP contribution is -2.40. The van der Waals surface area contributed by atoms with E-state index in [0.717, 1.165) is 66.0 Å². The summed E-state index contributed by atoms with van der Waals surface area (Å²) in [6, 6.07) is 10.8. The first-order valence-corrected chi connectivity index (χ1v) is 10.3. The van der Waals surface area contributed by atoms with E-state index in [-0.39, 0.29) is 5.41 Å². The molecule has 1 aromatic heterocycles. The second kappa shape index (κ2) is 7.02. The smallest absolute Gasteiger partial charge is 0.159 e. The van der Waals surface area contributed by atoms with E-state index in [9.17, 15) is 5.26 Å². The van der Waals surface area contributed by atoms with Crippen molar-refractivity contribution in [1.82, 2.24) is 9.97 Å². The molecular weight excluding hydrogens is 342 g/mol. The monoisotopic (exact) mass is 369 g/mol. The Morgan fingerprint density at radius 2 is 2.00 bits per heavy atom. The van der Waals surface area contributed by atoms with Crippen LogP contribution in [0.2, 0.25) is 0 Å². The molecule has 0 spiro atoms. The number of fused-ring (bicyclic) bond motifs is 3. The Morgan fingerprint density at radius 3 is 2.71 bits per heavy atom. The van der Waals surface area contributed by atoms with Gasteiger partial charge in [-0.2, -0.15) is 5.26 Å². The summed E-state index contributed by atoms with van der Waals surface area (Å²) < 4.78 is 0. The van der Waals surface area contributed by atoms with Crippen LogP contribution in [0.15, 0.2) is 48.1 Å². The van der Waals surface area contributed by atoms with Gasteiger partial charge in [-0.15, -0.1) is 0 Å². The second-order valence-electron chi connectivity index (χ2n) is 8.18. The van der Waals surface area contributed by atoms with Gasteiger partial charge in [0.15, 0.2) is 5.82 Å². The lowest BCUT2D eigenvalue weighted by molar-refractivity contribution is 0.292. The lowest BCUT2D eigenvalue weighted by atomic mass is 9.60. The predicted octanol–water partition coefficient (Wildman–Crippen LogP) is 5.50. The zero-order valence-corrected chi connectivity index (χ0v) is 17.0. The van der Waals surface area contributed by atoms with Crippen LogP contribution in [0.3, 0.4) is 0 Å². The van der Waals surface area contributed by atoms with Gasteiger partial charge in [0.05, 0.1) is 17.3 Å². The molecule has 2 unspecified atom stereocenters. The first-order valence-electron chi connectivity index (χ1n) is 10.3. The van der Waals surface area contributed by atoms with E-state index in [0.29, 0.717) is 5.92 Å². The van der Waals surface area contributed by atoms with Crippen LogP contribution in [0.1, 0.15) is 56.1 Å². The number of allylic oxidation sites excluding steroid dienone is 3. The number of hydrogen-bond donors (Lipinski definition) is 0. The normalized spacial score (nSPS) is 23.4. The van der Waals surface area contributed by atoms with Crippen molar-refractivity contribution in [2.75, 3.05) is 0 Å². The maximum absolute atomic E-state index is 9.60. The molecule has 0 aliphatic heterocycles. The third-order valence-electron chi connectivity index (χ3n) is 6.61. The van der Waals surface area contributed by atoms with Gasteiger partial charge in [0.1, 0.15) is 0 Å². The number of rotatable bonds is 3. The average Bonchev–Trinajstić information content (AvgIpc) is 2.73. The zero-order valence-electron chi connectivity index (χ0n) is 17.0. The third kappa shape index (κ3) is 2.79. The fraction of sp³-hybridized carbons (Fsp3) is 0.400.